The lowest BCUT2D eigenvalue weighted by Crippen LogP contribution is -2.41. The van der Waals surface area contributed by atoms with Crippen molar-refractivity contribution in [3.05, 3.63) is 46.7 Å². The van der Waals surface area contributed by atoms with Gasteiger partial charge in [-0.1, -0.05) is 48.2 Å². The molecule has 0 bridgehead atoms. The number of carbonyl (C=O) groups is 2. The zero-order chi connectivity index (χ0) is 19.2. The third kappa shape index (κ3) is 5.32. The number of rotatable bonds is 6. The summed E-state index contributed by atoms with van der Waals surface area (Å²) >= 11 is 6.20. The number of nitrogens with zero attached hydrogens (tertiary/aromatic N) is 2. The number of carbonyl (C=O) groups excluding carboxylic acids is 2. The summed E-state index contributed by atoms with van der Waals surface area (Å²) in [6.07, 6.45) is 5.74. The number of anilines is 1. The maximum Gasteiger partial charge on any atom is 0.255 e. The summed E-state index contributed by atoms with van der Waals surface area (Å²) in [6.45, 7) is 2.25. The van der Waals surface area contributed by atoms with Crippen LogP contribution >= 0.6 is 11.6 Å². The minimum absolute atomic E-state index is 0.0491. The van der Waals surface area contributed by atoms with Crippen molar-refractivity contribution in [3.63, 3.8) is 0 Å². The van der Waals surface area contributed by atoms with Crippen LogP contribution in [0.1, 0.15) is 48.2 Å². The Morgan fingerprint density at radius 3 is 2.67 bits per heavy atom. The van der Waals surface area contributed by atoms with Crippen LogP contribution in [-0.2, 0) is 4.79 Å². The average Bonchev–Trinajstić information content (AvgIpc) is 3.06. The smallest absolute Gasteiger partial charge is 0.255 e. The summed E-state index contributed by atoms with van der Waals surface area (Å²) in [5.74, 6) is 0.835. The van der Waals surface area contributed by atoms with Gasteiger partial charge in [-0.15, -0.1) is 0 Å². The predicted molar refractivity (Wildman–Crippen MR) is 104 cm³/mol. The molecular formula is C20H24ClN3O3. The predicted octanol–water partition coefficient (Wildman–Crippen LogP) is 4.30. The van der Waals surface area contributed by atoms with Crippen molar-refractivity contribution in [1.82, 2.24) is 10.1 Å². The topological polar surface area (TPSA) is 75.4 Å². The molecule has 1 aromatic carbocycles. The molecular weight excluding hydrogens is 366 g/mol. The largest absolute Gasteiger partial charge is 0.360 e. The van der Waals surface area contributed by atoms with E-state index in [1.54, 1.807) is 42.2 Å². The van der Waals surface area contributed by atoms with Crippen LogP contribution in [0.15, 0.2) is 34.9 Å². The molecule has 0 radical (unpaired) electrons. The van der Waals surface area contributed by atoms with Gasteiger partial charge < -0.3 is 14.7 Å². The van der Waals surface area contributed by atoms with Crippen molar-refractivity contribution in [2.24, 2.45) is 5.92 Å². The maximum absolute atomic E-state index is 13.1. The Morgan fingerprint density at radius 2 is 2.00 bits per heavy atom. The number of aromatic nitrogens is 1. The van der Waals surface area contributed by atoms with E-state index < -0.39 is 0 Å². The van der Waals surface area contributed by atoms with Gasteiger partial charge in [0.2, 0.25) is 5.91 Å². The maximum atomic E-state index is 13.1. The van der Waals surface area contributed by atoms with Crippen LogP contribution in [0.3, 0.4) is 0 Å². The molecule has 0 aliphatic heterocycles. The van der Waals surface area contributed by atoms with Crippen molar-refractivity contribution >= 4 is 29.2 Å². The Bertz CT molecular complexity index is 799. The quantitative estimate of drug-likeness (QED) is 0.799. The second kappa shape index (κ2) is 9.04. The second-order valence-corrected chi connectivity index (χ2v) is 7.45. The fourth-order valence-corrected chi connectivity index (χ4v) is 3.70. The van der Waals surface area contributed by atoms with E-state index in [2.05, 4.69) is 10.5 Å². The Hall–Kier alpha value is -2.34. The van der Waals surface area contributed by atoms with Gasteiger partial charge in [-0.05, 0) is 37.8 Å². The lowest BCUT2D eigenvalue weighted by Gasteiger charge is -2.29. The molecule has 0 saturated heterocycles. The number of benzene rings is 1. The van der Waals surface area contributed by atoms with E-state index in [0.717, 1.165) is 12.8 Å². The molecule has 1 fully saturated rings. The highest BCUT2D eigenvalue weighted by Gasteiger charge is 2.25. The Morgan fingerprint density at radius 1 is 1.26 bits per heavy atom. The summed E-state index contributed by atoms with van der Waals surface area (Å²) in [5, 5.41) is 6.84. The third-order valence-electron chi connectivity index (χ3n) is 4.82. The highest BCUT2D eigenvalue weighted by molar-refractivity contribution is 6.33. The number of hydrogen-bond donors (Lipinski definition) is 1. The molecule has 144 valence electrons. The van der Waals surface area contributed by atoms with Gasteiger partial charge in [0, 0.05) is 12.6 Å². The standard InChI is InChI=1S/C20H24ClN3O3/c1-14-11-18(23-27-14)22-19(25)13-24(12-15-7-3-2-4-8-15)20(26)16-9-5-6-10-17(16)21/h5-6,9-11,15H,2-4,7-8,12-13H2,1H3,(H,22,23,25). The fourth-order valence-electron chi connectivity index (χ4n) is 3.49. The van der Waals surface area contributed by atoms with Gasteiger partial charge in [0.05, 0.1) is 10.6 Å². The summed E-state index contributed by atoms with van der Waals surface area (Å²) in [5.41, 5.74) is 0.417. The lowest BCUT2D eigenvalue weighted by molar-refractivity contribution is -0.117. The van der Waals surface area contributed by atoms with E-state index in [4.69, 9.17) is 16.1 Å². The van der Waals surface area contributed by atoms with Crippen LogP contribution in [0.2, 0.25) is 5.02 Å². The molecule has 2 amide bonds. The van der Waals surface area contributed by atoms with E-state index in [-0.39, 0.29) is 18.4 Å². The Balaban J connectivity index is 1.73. The molecule has 1 heterocycles. The number of nitrogens with one attached hydrogen (secondary N) is 1. The molecule has 1 aliphatic rings. The van der Waals surface area contributed by atoms with Crippen molar-refractivity contribution in [1.29, 1.82) is 0 Å². The molecule has 1 saturated carbocycles. The van der Waals surface area contributed by atoms with E-state index in [1.807, 2.05) is 0 Å². The summed E-state index contributed by atoms with van der Waals surface area (Å²) in [7, 11) is 0. The molecule has 1 aliphatic carbocycles. The van der Waals surface area contributed by atoms with Crippen LogP contribution in [0, 0.1) is 12.8 Å². The highest BCUT2D eigenvalue weighted by atomic mass is 35.5. The number of aryl methyl sites for hydroxylation is 1. The fraction of sp³-hybridized carbons (Fsp3) is 0.450. The first-order chi connectivity index (χ1) is 13.0. The van der Waals surface area contributed by atoms with E-state index in [0.29, 0.717) is 34.6 Å². The van der Waals surface area contributed by atoms with Gasteiger partial charge in [-0.2, -0.15) is 0 Å². The van der Waals surface area contributed by atoms with Gasteiger partial charge in [0.15, 0.2) is 5.82 Å². The molecule has 27 heavy (non-hydrogen) atoms. The third-order valence-corrected chi connectivity index (χ3v) is 5.15. The first-order valence-electron chi connectivity index (χ1n) is 9.30. The SMILES string of the molecule is Cc1cc(NC(=O)CN(CC2CCCCC2)C(=O)c2ccccc2Cl)no1. The van der Waals surface area contributed by atoms with Crippen LogP contribution < -0.4 is 5.32 Å². The zero-order valence-corrected chi connectivity index (χ0v) is 16.2. The number of amides is 2. The first-order valence-corrected chi connectivity index (χ1v) is 9.67. The summed E-state index contributed by atoms with van der Waals surface area (Å²) < 4.78 is 4.96. The first kappa shape index (κ1) is 19.4. The van der Waals surface area contributed by atoms with Crippen LogP contribution in [0.25, 0.3) is 0 Å². The van der Waals surface area contributed by atoms with E-state index in [9.17, 15) is 9.59 Å². The van der Waals surface area contributed by atoms with Gasteiger partial charge in [-0.25, -0.2) is 0 Å². The second-order valence-electron chi connectivity index (χ2n) is 7.04. The molecule has 1 N–H and O–H groups in total. The van der Waals surface area contributed by atoms with Crippen molar-refractivity contribution < 1.29 is 14.1 Å². The van der Waals surface area contributed by atoms with Crippen molar-refractivity contribution in [3.8, 4) is 0 Å². The van der Waals surface area contributed by atoms with Crippen LogP contribution in [-0.4, -0.2) is 35.0 Å². The zero-order valence-electron chi connectivity index (χ0n) is 15.4. The molecule has 0 unspecified atom stereocenters. The Kier molecular flexibility index (Phi) is 6.50. The monoisotopic (exact) mass is 389 g/mol. The molecule has 0 spiro atoms. The highest BCUT2D eigenvalue weighted by Crippen LogP contribution is 2.26. The minimum atomic E-state index is -0.306. The van der Waals surface area contributed by atoms with Gasteiger partial charge >= 0.3 is 0 Å². The number of halogens is 1. The van der Waals surface area contributed by atoms with Gasteiger partial charge in [0.1, 0.15) is 12.3 Å². The molecule has 0 atom stereocenters. The van der Waals surface area contributed by atoms with Gasteiger partial charge in [-0.3, -0.25) is 9.59 Å². The lowest BCUT2D eigenvalue weighted by atomic mass is 9.89. The van der Waals surface area contributed by atoms with Crippen LogP contribution in [0.4, 0.5) is 5.82 Å². The van der Waals surface area contributed by atoms with Crippen molar-refractivity contribution in [2.75, 3.05) is 18.4 Å². The summed E-state index contributed by atoms with van der Waals surface area (Å²) in [4.78, 5) is 27.1. The normalized spacial score (nSPS) is 14.7. The Labute approximate surface area is 163 Å². The van der Waals surface area contributed by atoms with E-state index >= 15 is 0 Å². The molecule has 3 rings (SSSR count). The molecule has 7 heteroatoms. The van der Waals surface area contributed by atoms with Crippen LogP contribution in [0.5, 0.6) is 0 Å². The van der Waals surface area contributed by atoms with E-state index in [1.165, 1.54) is 19.3 Å². The molecule has 2 aromatic rings. The van der Waals surface area contributed by atoms with Gasteiger partial charge in [0.25, 0.3) is 5.91 Å². The average molecular weight is 390 g/mol. The summed E-state index contributed by atoms with van der Waals surface area (Å²) in [6, 6.07) is 8.57. The van der Waals surface area contributed by atoms with Crippen molar-refractivity contribution in [2.45, 2.75) is 39.0 Å². The molecule has 1 aromatic heterocycles. The minimum Gasteiger partial charge on any atom is -0.360 e. The number of hydrogen-bond acceptors (Lipinski definition) is 4. The molecule has 6 nitrogen and oxygen atoms in total.